The highest BCUT2D eigenvalue weighted by atomic mass is 32.2. The highest BCUT2D eigenvalue weighted by Gasteiger charge is 2.19. The highest BCUT2D eigenvalue weighted by molar-refractivity contribution is 7.99. The maximum atomic E-state index is 12.5. The van der Waals surface area contributed by atoms with Crippen LogP contribution >= 0.6 is 23.1 Å². The quantitative estimate of drug-likeness (QED) is 0.405. The monoisotopic (exact) mass is 444 g/mol. The average Bonchev–Trinajstić information content (AvgIpc) is 3.30. The topological polar surface area (TPSA) is 86.1 Å². The normalized spacial score (nSPS) is 10.8. The first-order chi connectivity index (χ1) is 14.4. The predicted octanol–water partition coefficient (Wildman–Crippen LogP) is 4.55. The number of ether oxygens (including phenoxy) is 1. The molecule has 1 aromatic carbocycles. The van der Waals surface area contributed by atoms with Crippen LogP contribution < -0.4 is 5.32 Å². The molecule has 0 radical (unpaired) electrons. The van der Waals surface area contributed by atoms with Gasteiger partial charge in [-0.05, 0) is 33.8 Å². The van der Waals surface area contributed by atoms with E-state index < -0.39 is 5.97 Å². The standard InChI is InChI=1S/C21H24N4O3S2/c1-5-25-18(15-9-7-13(3)8-10-15)23-24-21(25)29-12-17(26)22-19-16(11-14(4)30-19)20(27)28-6-2/h7-11H,5-6,12H2,1-4H3,(H,22,26). The summed E-state index contributed by atoms with van der Waals surface area (Å²) in [5, 5.41) is 12.6. The summed E-state index contributed by atoms with van der Waals surface area (Å²) in [7, 11) is 0. The van der Waals surface area contributed by atoms with Crippen LogP contribution in [0, 0.1) is 13.8 Å². The molecule has 1 amide bonds. The van der Waals surface area contributed by atoms with Crippen LogP contribution in [0.5, 0.6) is 0 Å². The Morgan fingerprint density at radius 2 is 1.90 bits per heavy atom. The summed E-state index contributed by atoms with van der Waals surface area (Å²) in [5.41, 5.74) is 2.55. The van der Waals surface area contributed by atoms with E-state index in [1.165, 1.54) is 28.7 Å². The van der Waals surface area contributed by atoms with Crippen LogP contribution in [0.15, 0.2) is 35.5 Å². The Hall–Kier alpha value is -2.65. The summed E-state index contributed by atoms with van der Waals surface area (Å²) >= 11 is 2.67. The van der Waals surface area contributed by atoms with E-state index in [-0.39, 0.29) is 18.3 Å². The summed E-state index contributed by atoms with van der Waals surface area (Å²) in [6.45, 7) is 8.67. The van der Waals surface area contributed by atoms with Crippen molar-refractivity contribution in [2.45, 2.75) is 39.4 Å². The van der Waals surface area contributed by atoms with E-state index in [4.69, 9.17) is 4.74 Å². The van der Waals surface area contributed by atoms with Crippen LogP contribution in [-0.2, 0) is 16.1 Å². The summed E-state index contributed by atoms with van der Waals surface area (Å²) in [6, 6.07) is 9.83. The van der Waals surface area contributed by atoms with Crippen molar-refractivity contribution in [3.05, 3.63) is 46.3 Å². The van der Waals surface area contributed by atoms with E-state index in [1.54, 1.807) is 13.0 Å². The minimum Gasteiger partial charge on any atom is -0.462 e. The lowest BCUT2D eigenvalue weighted by Crippen LogP contribution is -2.16. The fraction of sp³-hybridized carbons (Fsp3) is 0.333. The van der Waals surface area contributed by atoms with Crippen LogP contribution in [0.25, 0.3) is 11.4 Å². The second kappa shape index (κ2) is 9.90. The number of carbonyl (C=O) groups is 2. The molecule has 2 heterocycles. The van der Waals surface area contributed by atoms with Crippen molar-refractivity contribution in [1.82, 2.24) is 14.8 Å². The molecule has 2 aromatic heterocycles. The van der Waals surface area contributed by atoms with Crippen molar-refractivity contribution in [3.8, 4) is 11.4 Å². The third kappa shape index (κ3) is 5.09. The Kier molecular flexibility index (Phi) is 7.28. The van der Waals surface area contributed by atoms with Gasteiger partial charge in [-0.3, -0.25) is 4.79 Å². The lowest BCUT2D eigenvalue weighted by Gasteiger charge is -2.08. The number of amides is 1. The van der Waals surface area contributed by atoms with E-state index in [9.17, 15) is 9.59 Å². The molecule has 9 heteroatoms. The van der Waals surface area contributed by atoms with Gasteiger partial charge < -0.3 is 14.6 Å². The molecule has 0 unspecified atom stereocenters. The van der Waals surface area contributed by atoms with Gasteiger partial charge >= 0.3 is 5.97 Å². The van der Waals surface area contributed by atoms with Gasteiger partial charge in [-0.2, -0.15) is 0 Å². The van der Waals surface area contributed by atoms with Crippen LogP contribution in [0.1, 0.15) is 34.6 Å². The second-order valence-electron chi connectivity index (χ2n) is 6.57. The van der Waals surface area contributed by atoms with Gasteiger partial charge in [0.05, 0.1) is 17.9 Å². The average molecular weight is 445 g/mol. The Morgan fingerprint density at radius 1 is 1.17 bits per heavy atom. The van der Waals surface area contributed by atoms with Gasteiger partial charge in [0.15, 0.2) is 11.0 Å². The lowest BCUT2D eigenvalue weighted by molar-refractivity contribution is -0.113. The SMILES string of the molecule is CCOC(=O)c1cc(C)sc1NC(=O)CSc1nnc(-c2ccc(C)cc2)n1CC. The highest BCUT2D eigenvalue weighted by Crippen LogP contribution is 2.29. The van der Waals surface area contributed by atoms with Crippen LogP contribution in [0.4, 0.5) is 5.00 Å². The number of benzene rings is 1. The zero-order valence-electron chi connectivity index (χ0n) is 17.4. The van der Waals surface area contributed by atoms with E-state index in [2.05, 4.69) is 15.5 Å². The van der Waals surface area contributed by atoms with Crippen LogP contribution in [0.2, 0.25) is 0 Å². The van der Waals surface area contributed by atoms with Crippen molar-refractivity contribution in [2.75, 3.05) is 17.7 Å². The van der Waals surface area contributed by atoms with Crippen molar-refractivity contribution < 1.29 is 14.3 Å². The molecule has 0 fully saturated rings. The van der Waals surface area contributed by atoms with Gasteiger partial charge in [-0.15, -0.1) is 21.5 Å². The minimum absolute atomic E-state index is 0.158. The third-order valence-electron chi connectivity index (χ3n) is 4.28. The fourth-order valence-corrected chi connectivity index (χ4v) is 4.58. The molecule has 0 saturated heterocycles. The van der Waals surface area contributed by atoms with Gasteiger partial charge in [0.1, 0.15) is 5.00 Å². The molecule has 0 aliphatic carbocycles. The summed E-state index contributed by atoms with van der Waals surface area (Å²) in [4.78, 5) is 25.5. The number of carbonyl (C=O) groups excluding carboxylic acids is 2. The molecule has 3 rings (SSSR count). The molecule has 0 bridgehead atoms. The van der Waals surface area contributed by atoms with Crippen molar-refractivity contribution in [1.29, 1.82) is 0 Å². The molecule has 0 aliphatic rings. The van der Waals surface area contributed by atoms with Gasteiger partial charge in [0.2, 0.25) is 5.91 Å². The first-order valence-corrected chi connectivity index (χ1v) is 11.4. The third-order valence-corrected chi connectivity index (χ3v) is 6.21. The zero-order chi connectivity index (χ0) is 21.7. The Morgan fingerprint density at radius 3 is 2.57 bits per heavy atom. The lowest BCUT2D eigenvalue weighted by atomic mass is 10.1. The smallest absolute Gasteiger partial charge is 0.341 e. The van der Waals surface area contributed by atoms with E-state index >= 15 is 0 Å². The number of aryl methyl sites for hydroxylation is 2. The van der Waals surface area contributed by atoms with Crippen molar-refractivity contribution >= 4 is 40.0 Å². The molecule has 30 heavy (non-hydrogen) atoms. The largest absolute Gasteiger partial charge is 0.462 e. The molecule has 158 valence electrons. The summed E-state index contributed by atoms with van der Waals surface area (Å²) < 4.78 is 7.05. The van der Waals surface area contributed by atoms with Crippen LogP contribution in [0.3, 0.4) is 0 Å². The number of rotatable bonds is 8. The number of esters is 1. The van der Waals surface area contributed by atoms with Gasteiger partial charge in [-0.25, -0.2) is 4.79 Å². The van der Waals surface area contributed by atoms with Crippen molar-refractivity contribution in [3.63, 3.8) is 0 Å². The number of hydrogen-bond acceptors (Lipinski definition) is 7. The molecule has 1 N–H and O–H groups in total. The summed E-state index contributed by atoms with van der Waals surface area (Å²) in [6.07, 6.45) is 0. The van der Waals surface area contributed by atoms with E-state index in [0.29, 0.717) is 22.3 Å². The zero-order valence-corrected chi connectivity index (χ0v) is 19.0. The van der Waals surface area contributed by atoms with Crippen LogP contribution in [-0.4, -0.2) is 39.0 Å². The van der Waals surface area contributed by atoms with E-state index in [1.807, 2.05) is 49.6 Å². The molecule has 0 aliphatic heterocycles. The number of aromatic nitrogens is 3. The van der Waals surface area contributed by atoms with Gasteiger partial charge in [0.25, 0.3) is 0 Å². The maximum absolute atomic E-state index is 12.5. The molecular weight excluding hydrogens is 420 g/mol. The first kappa shape index (κ1) is 22.0. The Labute approximate surface area is 183 Å². The molecule has 0 saturated carbocycles. The number of hydrogen-bond donors (Lipinski definition) is 1. The molecule has 0 atom stereocenters. The molecule has 7 nitrogen and oxygen atoms in total. The van der Waals surface area contributed by atoms with Gasteiger partial charge in [0, 0.05) is 17.0 Å². The number of thioether (sulfide) groups is 1. The molecule has 3 aromatic rings. The predicted molar refractivity (Wildman–Crippen MR) is 120 cm³/mol. The number of nitrogens with zero attached hydrogens (tertiary/aromatic N) is 3. The fourth-order valence-electron chi connectivity index (χ4n) is 2.86. The number of nitrogens with one attached hydrogen (secondary N) is 1. The minimum atomic E-state index is -0.432. The van der Waals surface area contributed by atoms with Gasteiger partial charge in [-0.1, -0.05) is 41.6 Å². The Balaban J connectivity index is 1.69. The number of anilines is 1. The first-order valence-electron chi connectivity index (χ1n) is 9.63. The maximum Gasteiger partial charge on any atom is 0.341 e. The summed E-state index contributed by atoms with van der Waals surface area (Å²) in [5.74, 6) is 0.290. The Bertz CT molecular complexity index is 1040. The number of thiophene rings is 1. The molecule has 0 spiro atoms. The van der Waals surface area contributed by atoms with Crippen molar-refractivity contribution in [2.24, 2.45) is 0 Å². The van der Waals surface area contributed by atoms with E-state index in [0.717, 1.165) is 16.3 Å². The molecular formula is C21H24N4O3S2. The second-order valence-corrected chi connectivity index (χ2v) is 8.77.